The first-order valence-electron chi connectivity index (χ1n) is 8.68. The van der Waals surface area contributed by atoms with Gasteiger partial charge in [-0.3, -0.25) is 0 Å². The third-order valence-corrected chi connectivity index (χ3v) is 4.72. The molecule has 1 aliphatic heterocycles. The summed E-state index contributed by atoms with van der Waals surface area (Å²) in [5, 5.41) is 9.94. The van der Waals surface area contributed by atoms with Crippen LogP contribution in [0.2, 0.25) is 5.02 Å². The maximum atomic E-state index is 12.2. The van der Waals surface area contributed by atoms with Crippen molar-refractivity contribution in [2.24, 2.45) is 5.92 Å². The molecule has 1 heterocycles. The van der Waals surface area contributed by atoms with Crippen LogP contribution < -0.4 is 4.74 Å². The van der Waals surface area contributed by atoms with Gasteiger partial charge in [-0.15, -0.1) is 0 Å². The van der Waals surface area contributed by atoms with Gasteiger partial charge in [0.2, 0.25) is 0 Å². The fourth-order valence-corrected chi connectivity index (χ4v) is 2.98. The molecule has 0 saturated carbocycles. The number of aromatic hydroxyl groups is 1. The first-order chi connectivity index (χ1) is 12.6. The van der Waals surface area contributed by atoms with Gasteiger partial charge in [0.05, 0.1) is 6.61 Å². The molecule has 0 unspecified atom stereocenters. The van der Waals surface area contributed by atoms with Crippen molar-refractivity contribution >= 4 is 17.7 Å². The van der Waals surface area contributed by atoms with Gasteiger partial charge in [0.15, 0.2) is 0 Å². The molecule has 0 radical (unpaired) electrons. The molecule has 3 rings (SSSR count). The van der Waals surface area contributed by atoms with Crippen LogP contribution in [0.3, 0.4) is 0 Å². The number of hydrogen-bond acceptors (Lipinski definition) is 4. The molecule has 138 valence electrons. The predicted molar refractivity (Wildman–Crippen MR) is 99.5 cm³/mol. The van der Waals surface area contributed by atoms with Crippen molar-refractivity contribution in [3.8, 4) is 11.5 Å². The molecule has 1 N–H and O–H groups in total. The fraction of sp³-hybridized carbons (Fsp3) is 0.350. The summed E-state index contributed by atoms with van der Waals surface area (Å²) in [7, 11) is 0. The number of carbonyl (C=O) groups excluding carboxylic acids is 1. The van der Waals surface area contributed by atoms with Crippen LogP contribution in [-0.2, 0) is 11.3 Å². The Labute approximate surface area is 158 Å². The lowest BCUT2D eigenvalue weighted by molar-refractivity contribution is 0.0761. The number of phenols is 1. The maximum Gasteiger partial charge on any atom is 0.410 e. The van der Waals surface area contributed by atoms with Gasteiger partial charge in [-0.1, -0.05) is 23.7 Å². The van der Waals surface area contributed by atoms with Gasteiger partial charge < -0.3 is 19.5 Å². The predicted octanol–water partition coefficient (Wildman–Crippen LogP) is 4.47. The molecule has 0 aromatic heterocycles. The van der Waals surface area contributed by atoms with Crippen LogP contribution in [0.25, 0.3) is 0 Å². The third-order valence-electron chi connectivity index (χ3n) is 4.47. The summed E-state index contributed by atoms with van der Waals surface area (Å²) in [6, 6.07) is 14.0. The number of hydrogen-bond donors (Lipinski definition) is 1. The molecular weight excluding hydrogens is 354 g/mol. The molecule has 26 heavy (non-hydrogen) atoms. The van der Waals surface area contributed by atoms with E-state index in [1.807, 2.05) is 12.1 Å². The topological polar surface area (TPSA) is 59.0 Å². The number of rotatable bonds is 5. The van der Waals surface area contributed by atoms with Crippen LogP contribution in [-0.4, -0.2) is 35.8 Å². The molecule has 1 amide bonds. The van der Waals surface area contributed by atoms with E-state index in [-0.39, 0.29) is 18.4 Å². The zero-order valence-electron chi connectivity index (χ0n) is 14.4. The van der Waals surface area contributed by atoms with Gasteiger partial charge in [0.1, 0.15) is 18.1 Å². The number of amides is 1. The van der Waals surface area contributed by atoms with Gasteiger partial charge in [-0.05, 0) is 60.7 Å². The van der Waals surface area contributed by atoms with E-state index in [4.69, 9.17) is 21.1 Å². The number of halogens is 1. The van der Waals surface area contributed by atoms with Gasteiger partial charge >= 0.3 is 6.09 Å². The van der Waals surface area contributed by atoms with Crippen molar-refractivity contribution in [3.05, 3.63) is 59.1 Å². The monoisotopic (exact) mass is 375 g/mol. The minimum absolute atomic E-state index is 0.225. The van der Waals surface area contributed by atoms with Gasteiger partial charge in [0, 0.05) is 18.1 Å². The Bertz CT molecular complexity index is 710. The summed E-state index contributed by atoms with van der Waals surface area (Å²) in [5.41, 5.74) is 0.917. The summed E-state index contributed by atoms with van der Waals surface area (Å²) in [4.78, 5) is 13.9. The van der Waals surface area contributed by atoms with E-state index in [2.05, 4.69) is 0 Å². The SMILES string of the molecule is O=C(OCc1ccc(Cl)cc1)N1CCC(COc2ccc(O)cc2)CC1. The molecule has 0 spiro atoms. The average Bonchev–Trinajstić information content (AvgIpc) is 2.67. The Morgan fingerprint density at radius 1 is 1.08 bits per heavy atom. The molecule has 0 atom stereocenters. The lowest BCUT2D eigenvalue weighted by atomic mass is 9.98. The zero-order chi connectivity index (χ0) is 18.4. The van der Waals surface area contributed by atoms with Crippen molar-refractivity contribution in [1.29, 1.82) is 0 Å². The van der Waals surface area contributed by atoms with Crippen molar-refractivity contribution in [2.75, 3.05) is 19.7 Å². The zero-order valence-corrected chi connectivity index (χ0v) is 15.2. The largest absolute Gasteiger partial charge is 0.508 e. The number of likely N-dealkylation sites (tertiary alicyclic amines) is 1. The van der Waals surface area contributed by atoms with E-state index in [1.54, 1.807) is 41.3 Å². The molecular formula is C20H22ClNO4. The van der Waals surface area contributed by atoms with Crippen molar-refractivity contribution in [1.82, 2.24) is 4.90 Å². The Morgan fingerprint density at radius 2 is 1.73 bits per heavy atom. The highest BCUT2D eigenvalue weighted by Gasteiger charge is 2.24. The second-order valence-corrected chi connectivity index (χ2v) is 6.85. The number of phenolic OH excluding ortho intramolecular Hbond substituents is 1. The second-order valence-electron chi connectivity index (χ2n) is 6.42. The highest BCUT2D eigenvalue weighted by Crippen LogP contribution is 2.21. The van der Waals surface area contributed by atoms with Crippen molar-refractivity contribution in [3.63, 3.8) is 0 Å². The Hall–Kier alpha value is -2.40. The van der Waals surface area contributed by atoms with E-state index in [0.717, 1.165) is 24.2 Å². The van der Waals surface area contributed by atoms with Crippen LogP contribution >= 0.6 is 11.6 Å². The first kappa shape index (κ1) is 18.4. The van der Waals surface area contributed by atoms with Crippen LogP contribution in [0.15, 0.2) is 48.5 Å². The second kappa shape index (κ2) is 8.81. The van der Waals surface area contributed by atoms with Crippen LogP contribution in [0.5, 0.6) is 11.5 Å². The average molecular weight is 376 g/mol. The maximum absolute atomic E-state index is 12.2. The standard InChI is InChI=1S/C20H22ClNO4/c21-17-3-1-15(2-4-17)14-26-20(24)22-11-9-16(10-12-22)13-25-19-7-5-18(23)6-8-19/h1-8,16,23H,9-14H2. The number of nitrogens with zero attached hydrogens (tertiary/aromatic N) is 1. The Kier molecular flexibility index (Phi) is 6.23. The Balaban J connectivity index is 1.38. The van der Waals surface area contributed by atoms with Gasteiger partial charge in [0.25, 0.3) is 0 Å². The Morgan fingerprint density at radius 3 is 2.38 bits per heavy atom. The van der Waals surface area contributed by atoms with E-state index in [0.29, 0.717) is 30.6 Å². The molecule has 5 nitrogen and oxygen atoms in total. The van der Waals surface area contributed by atoms with E-state index >= 15 is 0 Å². The normalized spacial score (nSPS) is 14.9. The van der Waals surface area contributed by atoms with Crippen molar-refractivity contribution in [2.45, 2.75) is 19.4 Å². The molecule has 1 saturated heterocycles. The van der Waals surface area contributed by atoms with Gasteiger partial charge in [-0.2, -0.15) is 0 Å². The highest BCUT2D eigenvalue weighted by molar-refractivity contribution is 6.30. The van der Waals surface area contributed by atoms with E-state index < -0.39 is 0 Å². The third kappa shape index (κ3) is 5.30. The summed E-state index contributed by atoms with van der Waals surface area (Å²) in [6.45, 7) is 2.20. The quantitative estimate of drug-likeness (QED) is 0.837. The fourth-order valence-electron chi connectivity index (χ4n) is 2.86. The molecule has 0 bridgehead atoms. The molecule has 0 aliphatic carbocycles. The summed E-state index contributed by atoms with van der Waals surface area (Å²) in [6.07, 6.45) is 1.49. The van der Waals surface area contributed by atoms with E-state index in [9.17, 15) is 9.90 Å². The van der Waals surface area contributed by atoms with Crippen molar-refractivity contribution < 1.29 is 19.4 Å². The van der Waals surface area contributed by atoms with Crippen LogP contribution in [0.4, 0.5) is 4.79 Å². The number of benzene rings is 2. The molecule has 1 aliphatic rings. The number of piperidine rings is 1. The van der Waals surface area contributed by atoms with E-state index in [1.165, 1.54) is 0 Å². The minimum Gasteiger partial charge on any atom is -0.508 e. The molecule has 2 aromatic rings. The molecule has 2 aromatic carbocycles. The molecule has 1 fully saturated rings. The lowest BCUT2D eigenvalue weighted by Gasteiger charge is -2.31. The minimum atomic E-state index is -0.280. The highest BCUT2D eigenvalue weighted by atomic mass is 35.5. The first-order valence-corrected chi connectivity index (χ1v) is 9.06. The number of ether oxygens (including phenoxy) is 2. The van der Waals surface area contributed by atoms with Crippen LogP contribution in [0, 0.1) is 5.92 Å². The summed E-state index contributed by atoms with van der Waals surface area (Å²) >= 11 is 5.84. The lowest BCUT2D eigenvalue weighted by Crippen LogP contribution is -2.39. The summed E-state index contributed by atoms with van der Waals surface area (Å²) < 4.78 is 11.1. The number of carbonyl (C=O) groups is 1. The smallest absolute Gasteiger partial charge is 0.410 e. The van der Waals surface area contributed by atoms with Gasteiger partial charge in [-0.25, -0.2) is 4.79 Å². The summed E-state index contributed by atoms with van der Waals surface area (Å²) in [5.74, 6) is 1.37. The molecule has 6 heteroatoms. The van der Waals surface area contributed by atoms with Crippen LogP contribution in [0.1, 0.15) is 18.4 Å².